The van der Waals surface area contributed by atoms with Crippen molar-refractivity contribution in [1.82, 2.24) is 29.4 Å². The molecule has 0 fully saturated rings. The number of nitrogens with zero attached hydrogens (tertiary/aromatic N) is 6. The van der Waals surface area contributed by atoms with Gasteiger partial charge in [-0.05, 0) is 55.5 Å². The van der Waals surface area contributed by atoms with E-state index in [2.05, 4.69) is 25.5 Å². The summed E-state index contributed by atoms with van der Waals surface area (Å²) in [5.74, 6) is 0.479. The lowest BCUT2D eigenvalue weighted by Gasteiger charge is -2.07. The van der Waals surface area contributed by atoms with E-state index in [0.29, 0.717) is 22.2 Å². The van der Waals surface area contributed by atoms with Crippen LogP contribution in [0.1, 0.15) is 11.4 Å². The van der Waals surface area contributed by atoms with Gasteiger partial charge in [0.1, 0.15) is 6.33 Å². The van der Waals surface area contributed by atoms with E-state index >= 15 is 0 Å². The summed E-state index contributed by atoms with van der Waals surface area (Å²) in [6, 6.07) is 18.5. The Morgan fingerprint density at radius 2 is 1.97 bits per heavy atom. The third kappa shape index (κ3) is 4.08. The van der Waals surface area contributed by atoms with Crippen molar-refractivity contribution in [3.8, 4) is 17.1 Å². The van der Waals surface area contributed by atoms with E-state index in [-0.39, 0.29) is 12.3 Å². The lowest BCUT2D eigenvalue weighted by atomic mass is 10.1. The van der Waals surface area contributed by atoms with Crippen molar-refractivity contribution in [2.75, 3.05) is 5.32 Å². The summed E-state index contributed by atoms with van der Waals surface area (Å²) in [7, 11) is 0. The average Bonchev–Trinajstić information content (AvgIpc) is 3.40. The number of fused-ring (bicyclic) bond motifs is 1. The van der Waals surface area contributed by atoms with Crippen molar-refractivity contribution in [2.45, 2.75) is 13.3 Å². The molecule has 0 aliphatic rings. The monoisotopic (exact) mass is 443 g/mol. The van der Waals surface area contributed by atoms with Crippen molar-refractivity contribution in [3.05, 3.63) is 89.6 Å². The molecule has 0 unspecified atom stereocenters. The van der Waals surface area contributed by atoms with E-state index in [4.69, 9.17) is 11.6 Å². The van der Waals surface area contributed by atoms with Crippen LogP contribution in [-0.2, 0) is 11.2 Å². The minimum atomic E-state index is -0.188. The Morgan fingerprint density at radius 3 is 2.81 bits per heavy atom. The highest BCUT2D eigenvalue weighted by Gasteiger charge is 2.16. The highest BCUT2D eigenvalue weighted by Crippen LogP contribution is 2.24. The van der Waals surface area contributed by atoms with Crippen LogP contribution in [-0.4, -0.2) is 35.3 Å². The summed E-state index contributed by atoms with van der Waals surface area (Å²) in [5.41, 5.74) is 4.54. The maximum absolute atomic E-state index is 12.6. The lowest BCUT2D eigenvalue weighted by Crippen LogP contribution is -2.15. The van der Waals surface area contributed by atoms with E-state index in [9.17, 15) is 4.79 Å². The molecule has 32 heavy (non-hydrogen) atoms. The van der Waals surface area contributed by atoms with Crippen LogP contribution in [0.4, 0.5) is 5.69 Å². The summed E-state index contributed by atoms with van der Waals surface area (Å²) < 4.78 is 3.44. The van der Waals surface area contributed by atoms with Crippen LogP contribution >= 0.6 is 11.6 Å². The van der Waals surface area contributed by atoms with Gasteiger partial charge in [0.25, 0.3) is 0 Å². The molecule has 0 saturated heterocycles. The molecule has 1 N–H and O–H groups in total. The molecule has 9 heteroatoms. The van der Waals surface area contributed by atoms with Gasteiger partial charge in [-0.1, -0.05) is 23.7 Å². The molecule has 8 nitrogen and oxygen atoms in total. The van der Waals surface area contributed by atoms with Crippen LogP contribution in [0.2, 0.25) is 5.02 Å². The van der Waals surface area contributed by atoms with E-state index in [0.717, 1.165) is 22.6 Å². The molecule has 0 saturated carbocycles. The molecule has 0 atom stereocenters. The van der Waals surface area contributed by atoms with Crippen molar-refractivity contribution < 1.29 is 4.79 Å². The second kappa shape index (κ2) is 8.24. The molecule has 0 radical (unpaired) electrons. The quantitative estimate of drug-likeness (QED) is 0.441. The van der Waals surface area contributed by atoms with Crippen molar-refractivity contribution >= 4 is 28.8 Å². The molecular formula is C23H18ClN7O. The van der Waals surface area contributed by atoms with E-state index in [1.807, 2.05) is 49.5 Å². The zero-order chi connectivity index (χ0) is 22.1. The zero-order valence-electron chi connectivity index (χ0n) is 17.1. The summed E-state index contributed by atoms with van der Waals surface area (Å²) in [6.45, 7) is 1.92. The number of benzene rings is 1. The average molecular weight is 444 g/mol. The number of halogens is 1. The minimum absolute atomic E-state index is 0.101. The fraction of sp³-hybridized carbons (Fsp3) is 0.0870. The molecule has 0 bridgehead atoms. The molecule has 4 heterocycles. The first-order valence-electron chi connectivity index (χ1n) is 9.93. The topological polar surface area (TPSA) is 90.0 Å². The molecule has 1 amide bonds. The molecule has 5 aromatic rings. The van der Waals surface area contributed by atoms with Gasteiger partial charge in [0.15, 0.2) is 11.5 Å². The third-order valence-electron chi connectivity index (χ3n) is 4.87. The largest absolute Gasteiger partial charge is 0.326 e. The number of aryl methyl sites for hydroxylation is 1. The van der Waals surface area contributed by atoms with Gasteiger partial charge in [0, 0.05) is 28.2 Å². The number of carbonyl (C=O) groups excluding carboxylic acids is 1. The summed E-state index contributed by atoms with van der Waals surface area (Å²) >= 11 is 6.01. The zero-order valence-corrected chi connectivity index (χ0v) is 17.9. The second-order valence-corrected chi connectivity index (χ2v) is 7.72. The van der Waals surface area contributed by atoms with Crippen molar-refractivity contribution in [1.29, 1.82) is 0 Å². The SMILES string of the molecule is Cc1cccc(-n2nc(CC(=O)Nc3cccc(Cl)c3)cc2-c2ccc3ncnn3c2)n1. The normalized spacial score (nSPS) is 11.1. The van der Waals surface area contributed by atoms with Crippen LogP contribution in [0.25, 0.3) is 22.7 Å². The Labute approximate surface area is 188 Å². The number of aromatic nitrogens is 6. The molecule has 0 aliphatic carbocycles. The highest BCUT2D eigenvalue weighted by molar-refractivity contribution is 6.30. The first-order valence-corrected chi connectivity index (χ1v) is 10.3. The number of hydrogen-bond acceptors (Lipinski definition) is 5. The number of pyridine rings is 2. The molecule has 4 aromatic heterocycles. The van der Waals surface area contributed by atoms with Gasteiger partial charge in [-0.2, -0.15) is 10.2 Å². The van der Waals surface area contributed by atoms with Crippen molar-refractivity contribution in [3.63, 3.8) is 0 Å². The highest BCUT2D eigenvalue weighted by atomic mass is 35.5. The number of amides is 1. The molecule has 0 spiro atoms. The molecule has 1 aromatic carbocycles. The Hall–Kier alpha value is -4.04. The third-order valence-corrected chi connectivity index (χ3v) is 5.11. The summed E-state index contributed by atoms with van der Waals surface area (Å²) in [4.78, 5) is 21.4. The Morgan fingerprint density at radius 1 is 1.09 bits per heavy atom. The number of anilines is 1. The fourth-order valence-corrected chi connectivity index (χ4v) is 3.64. The summed E-state index contributed by atoms with van der Waals surface area (Å²) in [6.07, 6.45) is 3.48. The maximum atomic E-state index is 12.6. The molecular weight excluding hydrogens is 426 g/mol. The Kier molecular flexibility index (Phi) is 5.12. The Bertz CT molecular complexity index is 1440. The molecule has 5 rings (SSSR count). The van der Waals surface area contributed by atoms with Crippen LogP contribution in [0.3, 0.4) is 0 Å². The van der Waals surface area contributed by atoms with Gasteiger partial charge in [0.2, 0.25) is 5.91 Å². The fourth-order valence-electron chi connectivity index (χ4n) is 3.45. The second-order valence-electron chi connectivity index (χ2n) is 7.29. The van der Waals surface area contributed by atoms with Crippen LogP contribution in [0, 0.1) is 6.92 Å². The number of carbonyl (C=O) groups is 1. The Balaban J connectivity index is 1.51. The first kappa shape index (κ1) is 19.9. The van der Waals surface area contributed by atoms with Gasteiger partial charge < -0.3 is 5.32 Å². The van der Waals surface area contributed by atoms with Crippen LogP contribution in [0.15, 0.2) is 73.2 Å². The minimum Gasteiger partial charge on any atom is -0.326 e. The van der Waals surface area contributed by atoms with Gasteiger partial charge in [-0.25, -0.2) is 19.2 Å². The van der Waals surface area contributed by atoms with Crippen LogP contribution < -0.4 is 5.32 Å². The standard InChI is InChI=1S/C23H18ClN7O/c1-15-4-2-7-22(27-15)31-20(16-8-9-21-25-14-26-30(21)13-16)11-19(29-31)12-23(32)28-18-6-3-5-17(24)10-18/h2-11,13-14H,12H2,1H3,(H,28,32). The predicted molar refractivity (Wildman–Crippen MR) is 122 cm³/mol. The van der Waals surface area contributed by atoms with Gasteiger partial charge >= 0.3 is 0 Å². The van der Waals surface area contributed by atoms with Gasteiger partial charge in [0.05, 0.1) is 17.8 Å². The van der Waals surface area contributed by atoms with Crippen molar-refractivity contribution in [2.24, 2.45) is 0 Å². The van der Waals surface area contributed by atoms with Gasteiger partial charge in [-0.3, -0.25) is 4.79 Å². The molecule has 0 aliphatic heterocycles. The predicted octanol–water partition coefficient (Wildman–Crippen LogP) is 4.12. The van der Waals surface area contributed by atoms with E-state index in [1.165, 1.54) is 6.33 Å². The number of nitrogens with one attached hydrogen (secondary N) is 1. The number of hydrogen-bond donors (Lipinski definition) is 1. The first-order chi connectivity index (χ1) is 15.5. The molecule has 158 valence electrons. The van der Waals surface area contributed by atoms with Crippen LogP contribution in [0.5, 0.6) is 0 Å². The van der Waals surface area contributed by atoms with E-state index in [1.54, 1.807) is 33.5 Å². The van der Waals surface area contributed by atoms with E-state index < -0.39 is 0 Å². The van der Waals surface area contributed by atoms with Gasteiger partial charge in [-0.15, -0.1) is 0 Å². The lowest BCUT2D eigenvalue weighted by molar-refractivity contribution is -0.115. The number of rotatable bonds is 5. The smallest absolute Gasteiger partial charge is 0.230 e. The maximum Gasteiger partial charge on any atom is 0.230 e. The summed E-state index contributed by atoms with van der Waals surface area (Å²) in [5, 5.41) is 12.3.